The second kappa shape index (κ2) is 11.8. The van der Waals surface area contributed by atoms with Crippen molar-refractivity contribution in [1.29, 1.82) is 0 Å². The first kappa shape index (κ1) is 30.9. The summed E-state index contributed by atoms with van der Waals surface area (Å²) in [6.07, 6.45) is 3.89. The minimum atomic E-state index is -1.49. The molecular weight excluding hydrogens is 612 g/mol. The number of hydrogen-bond donors (Lipinski definition) is 1. The Labute approximate surface area is 277 Å². The minimum Gasteiger partial charge on any atom is -0.493 e. The monoisotopic (exact) mass is 646 g/mol. The number of carbonyl (C=O) groups is 3. The summed E-state index contributed by atoms with van der Waals surface area (Å²) in [7, 11) is 7.43. The molecule has 48 heavy (non-hydrogen) atoms. The number of anilines is 2. The van der Waals surface area contributed by atoms with Crippen LogP contribution < -0.4 is 33.9 Å². The van der Waals surface area contributed by atoms with Gasteiger partial charge >= 0.3 is 0 Å². The van der Waals surface area contributed by atoms with Gasteiger partial charge < -0.3 is 33.9 Å². The van der Waals surface area contributed by atoms with Crippen molar-refractivity contribution in [3.8, 4) is 28.7 Å². The number of methoxy groups -OCH3 is 5. The molecule has 1 spiro atoms. The molecule has 1 N–H and O–H groups in total. The Hall–Kier alpha value is -5.77. The van der Waals surface area contributed by atoms with E-state index in [2.05, 4.69) is 5.32 Å². The van der Waals surface area contributed by atoms with Crippen molar-refractivity contribution < 1.29 is 38.1 Å². The van der Waals surface area contributed by atoms with Crippen molar-refractivity contribution in [2.75, 3.05) is 45.8 Å². The zero-order valence-corrected chi connectivity index (χ0v) is 27.1. The van der Waals surface area contributed by atoms with Crippen molar-refractivity contribution in [1.82, 2.24) is 0 Å². The first-order valence-electron chi connectivity index (χ1n) is 15.4. The average Bonchev–Trinajstić information content (AvgIpc) is 3.61. The molecule has 3 aliphatic heterocycles. The van der Waals surface area contributed by atoms with Gasteiger partial charge in [0.05, 0.1) is 47.5 Å². The molecule has 10 heteroatoms. The number of para-hydroxylation sites is 2. The highest BCUT2D eigenvalue weighted by Crippen LogP contribution is 2.58. The number of benzene rings is 4. The molecule has 10 nitrogen and oxygen atoms in total. The van der Waals surface area contributed by atoms with E-state index >= 15 is 9.59 Å². The van der Waals surface area contributed by atoms with Crippen LogP contribution in [-0.4, -0.2) is 65.1 Å². The Balaban J connectivity index is 1.53. The van der Waals surface area contributed by atoms with Crippen molar-refractivity contribution in [3.05, 3.63) is 107 Å². The Morgan fingerprint density at radius 1 is 0.708 bits per heavy atom. The van der Waals surface area contributed by atoms with Gasteiger partial charge in [0, 0.05) is 22.5 Å². The predicted molar refractivity (Wildman–Crippen MR) is 180 cm³/mol. The Morgan fingerprint density at radius 3 is 2.04 bits per heavy atom. The Kier molecular flexibility index (Phi) is 7.58. The highest BCUT2D eigenvalue weighted by atomic mass is 16.5. The Bertz CT molecular complexity index is 1980. The standard InChI is InChI=1S/C38H34N2O8/c1-44-27-16-14-22(18-28(27)45-2)35(42)33-32(34(41)23-19-29(46-3)36(48-5)30(20-23)47-4)38(24-11-7-8-12-25(24)39-37(38)43)31-17-15-21-10-6-9-13-26(21)40(31)33/h6-20,31-33H,1-5H3,(H,39,43)/t31-,32+,33-,38-/m1/s1. The lowest BCUT2D eigenvalue weighted by molar-refractivity contribution is -0.121. The lowest BCUT2D eigenvalue weighted by Crippen LogP contribution is -2.51. The maximum Gasteiger partial charge on any atom is 0.238 e. The smallest absolute Gasteiger partial charge is 0.238 e. The van der Waals surface area contributed by atoms with Gasteiger partial charge in [-0.05, 0) is 53.6 Å². The van der Waals surface area contributed by atoms with Crippen LogP contribution in [0.2, 0.25) is 0 Å². The summed E-state index contributed by atoms with van der Waals surface area (Å²) < 4.78 is 27.7. The van der Waals surface area contributed by atoms with Crippen LogP contribution in [0.25, 0.3) is 6.08 Å². The van der Waals surface area contributed by atoms with E-state index in [1.54, 1.807) is 30.3 Å². The van der Waals surface area contributed by atoms with E-state index in [0.717, 1.165) is 11.3 Å². The molecule has 4 aromatic rings. The molecule has 3 heterocycles. The van der Waals surface area contributed by atoms with Crippen molar-refractivity contribution in [2.24, 2.45) is 5.92 Å². The number of nitrogens with zero attached hydrogens (tertiary/aromatic N) is 1. The molecule has 0 aliphatic carbocycles. The predicted octanol–water partition coefficient (Wildman–Crippen LogP) is 5.59. The van der Waals surface area contributed by atoms with Gasteiger partial charge in [0.2, 0.25) is 11.7 Å². The summed E-state index contributed by atoms with van der Waals surface area (Å²) in [6.45, 7) is 0. The fourth-order valence-electron chi connectivity index (χ4n) is 7.68. The molecule has 1 saturated heterocycles. The highest BCUT2D eigenvalue weighted by molar-refractivity contribution is 6.18. The first-order valence-corrected chi connectivity index (χ1v) is 15.4. The molecular formula is C38H34N2O8. The second-order valence-corrected chi connectivity index (χ2v) is 11.8. The maximum absolute atomic E-state index is 15.3. The number of Topliss-reactive ketones (excluding diaryl/α,β-unsaturated/α-hetero) is 2. The van der Waals surface area contributed by atoms with Crippen LogP contribution in [0, 0.1) is 5.92 Å². The summed E-state index contributed by atoms with van der Waals surface area (Å²) in [5, 5.41) is 3.05. The number of amides is 1. The number of hydrogen-bond acceptors (Lipinski definition) is 9. The van der Waals surface area contributed by atoms with Crippen LogP contribution in [-0.2, 0) is 10.2 Å². The summed E-state index contributed by atoms with van der Waals surface area (Å²) in [6, 6.07) is 21.2. The number of fused-ring (bicyclic) bond motifs is 6. The van der Waals surface area contributed by atoms with Gasteiger partial charge in [-0.2, -0.15) is 0 Å². The van der Waals surface area contributed by atoms with Crippen LogP contribution in [0.5, 0.6) is 28.7 Å². The Morgan fingerprint density at radius 2 is 1.35 bits per heavy atom. The van der Waals surface area contributed by atoms with Gasteiger partial charge in [0.25, 0.3) is 0 Å². The van der Waals surface area contributed by atoms with E-state index < -0.39 is 29.2 Å². The van der Waals surface area contributed by atoms with Crippen LogP contribution in [0.15, 0.2) is 84.9 Å². The molecule has 1 amide bonds. The number of ketones is 2. The lowest BCUT2D eigenvalue weighted by Gasteiger charge is -2.37. The molecule has 0 aromatic heterocycles. The third-order valence-electron chi connectivity index (χ3n) is 9.71. The van der Waals surface area contributed by atoms with Gasteiger partial charge in [0.15, 0.2) is 34.6 Å². The molecule has 3 aliphatic rings. The van der Waals surface area contributed by atoms with Crippen LogP contribution in [0.3, 0.4) is 0 Å². The number of ether oxygens (including phenoxy) is 5. The van der Waals surface area contributed by atoms with E-state index in [1.165, 1.54) is 35.5 Å². The molecule has 4 atom stereocenters. The van der Waals surface area contributed by atoms with Crippen LogP contribution in [0.4, 0.5) is 11.4 Å². The van der Waals surface area contributed by atoms with Crippen LogP contribution >= 0.6 is 0 Å². The molecule has 7 rings (SSSR count). The highest BCUT2D eigenvalue weighted by Gasteiger charge is 2.70. The van der Waals surface area contributed by atoms with E-state index in [9.17, 15) is 4.79 Å². The third kappa shape index (κ3) is 4.28. The van der Waals surface area contributed by atoms with E-state index in [1.807, 2.05) is 65.6 Å². The molecule has 244 valence electrons. The molecule has 1 fully saturated rings. The first-order chi connectivity index (χ1) is 23.3. The lowest BCUT2D eigenvalue weighted by atomic mass is 9.64. The molecule has 0 saturated carbocycles. The summed E-state index contributed by atoms with van der Waals surface area (Å²) in [4.78, 5) is 47.1. The summed E-state index contributed by atoms with van der Waals surface area (Å²) in [5.41, 5.74) is 1.85. The van der Waals surface area contributed by atoms with Crippen molar-refractivity contribution >= 4 is 34.9 Å². The van der Waals surface area contributed by atoms with Gasteiger partial charge in [-0.15, -0.1) is 0 Å². The minimum absolute atomic E-state index is 0.202. The SMILES string of the molecule is COc1ccc(C(=O)[C@H]2[C@@H](C(=O)c3cc(OC)c(OC)c(OC)c3)[C@]3(C(=O)Nc4ccccc43)[C@H]3C=Cc4ccccc4N23)cc1OC. The summed E-state index contributed by atoms with van der Waals surface area (Å²) in [5.74, 6) is -0.678. The quantitative estimate of drug-likeness (QED) is 0.233. The molecule has 4 aromatic carbocycles. The van der Waals surface area contributed by atoms with E-state index in [-0.39, 0.29) is 28.8 Å². The summed E-state index contributed by atoms with van der Waals surface area (Å²) >= 11 is 0. The average molecular weight is 647 g/mol. The number of rotatable bonds is 9. The zero-order chi connectivity index (χ0) is 33.7. The maximum atomic E-state index is 15.3. The second-order valence-electron chi connectivity index (χ2n) is 11.8. The molecule has 0 bridgehead atoms. The van der Waals surface area contributed by atoms with Gasteiger partial charge in [-0.25, -0.2) is 0 Å². The van der Waals surface area contributed by atoms with Crippen molar-refractivity contribution in [3.63, 3.8) is 0 Å². The number of carbonyl (C=O) groups excluding carboxylic acids is 3. The fraction of sp³-hybridized carbons (Fsp3) is 0.237. The normalized spacial score (nSPS) is 21.6. The van der Waals surface area contributed by atoms with Gasteiger partial charge in [-0.1, -0.05) is 48.6 Å². The van der Waals surface area contributed by atoms with Crippen molar-refractivity contribution in [2.45, 2.75) is 17.5 Å². The van der Waals surface area contributed by atoms with Gasteiger partial charge in [0.1, 0.15) is 11.5 Å². The van der Waals surface area contributed by atoms with Gasteiger partial charge in [-0.3, -0.25) is 14.4 Å². The molecule has 0 radical (unpaired) electrons. The fourth-order valence-corrected chi connectivity index (χ4v) is 7.68. The van der Waals surface area contributed by atoms with Crippen LogP contribution in [0.1, 0.15) is 31.8 Å². The largest absolute Gasteiger partial charge is 0.493 e. The van der Waals surface area contributed by atoms with E-state index in [4.69, 9.17) is 23.7 Å². The van der Waals surface area contributed by atoms with E-state index in [0.29, 0.717) is 34.1 Å². The number of nitrogens with one attached hydrogen (secondary N) is 1. The third-order valence-corrected chi connectivity index (χ3v) is 9.71. The zero-order valence-electron chi connectivity index (χ0n) is 27.1. The molecule has 0 unspecified atom stereocenters. The topological polar surface area (TPSA) is 113 Å².